The van der Waals surface area contributed by atoms with E-state index in [9.17, 15) is 0 Å². The summed E-state index contributed by atoms with van der Waals surface area (Å²) in [4.78, 5) is 6.37. The van der Waals surface area contributed by atoms with E-state index in [1.165, 1.54) is 11.3 Å². The van der Waals surface area contributed by atoms with Crippen molar-refractivity contribution in [3.63, 3.8) is 0 Å². The third-order valence-electron chi connectivity index (χ3n) is 3.03. The van der Waals surface area contributed by atoms with E-state index >= 15 is 0 Å². The van der Waals surface area contributed by atoms with Crippen molar-refractivity contribution in [1.82, 2.24) is 4.98 Å². The molecule has 0 fully saturated rings. The van der Waals surface area contributed by atoms with Gasteiger partial charge >= 0.3 is 0 Å². The van der Waals surface area contributed by atoms with Gasteiger partial charge in [0.2, 0.25) is 0 Å². The molecule has 0 radical (unpaired) electrons. The first-order valence-corrected chi connectivity index (χ1v) is 7.55. The third kappa shape index (κ3) is 3.71. The van der Waals surface area contributed by atoms with Crippen molar-refractivity contribution in [2.45, 2.75) is 19.3 Å². The van der Waals surface area contributed by atoms with Crippen LogP contribution < -0.4 is 4.90 Å². The summed E-state index contributed by atoms with van der Waals surface area (Å²) in [7, 11) is 0. The van der Waals surface area contributed by atoms with Gasteiger partial charge in [-0.05, 0) is 48.4 Å². The Morgan fingerprint density at radius 2 is 1.95 bits per heavy atom. The van der Waals surface area contributed by atoms with Crippen molar-refractivity contribution in [2.24, 2.45) is 0 Å². The number of pyridine rings is 1. The van der Waals surface area contributed by atoms with Crippen LogP contribution in [0.3, 0.4) is 0 Å². The molecule has 0 aliphatic rings. The van der Waals surface area contributed by atoms with Gasteiger partial charge in [0.05, 0.1) is 0 Å². The van der Waals surface area contributed by atoms with Crippen LogP contribution in [0, 0.1) is 0 Å². The number of aromatic nitrogens is 1. The van der Waals surface area contributed by atoms with Gasteiger partial charge < -0.3 is 4.90 Å². The highest BCUT2D eigenvalue weighted by molar-refractivity contribution is 9.10. The first-order valence-electron chi connectivity index (χ1n) is 6.22. The van der Waals surface area contributed by atoms with E-state index < -0.39 is 0 Å². The maximum atomic E-state index is 6.05. The summed E-state index contributed by atoms with van der Waals surface area (Å²) in [6, 6.07) is 10.3. The Kier molecular flexibility index (Phi) is 5.23. The molecule has 100 valence electrons. The van der Waals surface area contributed by atoms with Crippen LogP contribution in [0.25, 0.3) is 0 Å². The number of rotatable bonds is 5. The minimum atomic E-state index is 0.515. The molecule has 1 aromatic heterocycles. The second kappa shape index (κ2) is 6.92. The molecule has 0 aliphatic carbocycles. The van der Waals surface area contributed by atoms with Crippen LogP contribution in [-0.4, -0.2) is 11.5 Å². The van der Waals surface area contributed by atoms with E-state index in [1.807, 2.05) is 24.5 Å². The van der Waals surface area contributed by atoms with Crippen LogP contribution in [0.15, 0.2) is 47.2 Å². The Labute approximate surface area is 127 Å². The zero-order valence-corrected chi connectivity index (χ0v) is 13.2. The second-order valence-corrected chi connectivity index (χ2v) is 5.46. The smallest absolute Gasteiger partial charge is 0.0494 e. The number of hydrogen-bond donors (Lipinski definition) is 0. The van der Waals surface area contributed by atoms with E-state index in [0.29, 0.717) is 5.88 Å². The molecule has 0 amide bonds. The first kappa shape index (κ1) is 14.4. The third-order valence-corrected chi connectivity index (χ3v) is 3.81. The SMILES string of the molecule is CCN(Cc1ccncc1)c1ccc(Br)cc1CCl. The van der Waals surface area contributed by atoms with Crippen molar-refractivity contribution in [3.8, 4) is 0 Å². The molecule has 2 aromatic rings. The van der Waals surface area contributed by atoms with Crippen molar-refractivity contribution in [3.05, 3.63) is 58.3 Å². The first-order chi connectivity index (χ1) is 9.24. The zero-order valence-electron chi connectivity index (χ0n) is 10.8. The molecule has 0 aliphatic heterocycles. The highest BCUT2D eigenvalue weighted by Gasteiger charge is 2.10. The zero-order chi connectivity index (χ0) is 13.7. The molecule has 1 aromatic carbocycles. The largest absolute Gasteiger partial charge is 0.367 e. The van der Waals surface area contributed by atoms with Crippen LogP contribution in [0.4, 0.5) is 5.69 Å². The molecule has 0 unspecified atom stereocenters. The van der Waals surface area contributed by atoms with Gasteiger partial charge in [0.25, 0.3) is 0 Å². The maximum absolute atomic E-state index is 6.05. The fourth-order valence-corrected chi connectivity index (χ4v) is 2.67. The standard InChI is InChI=1S/C15H16BrClN2/c1-2-19(11-12-5-7-18-8-6-12)15-4-3-14(16)9-13(15)10-17/h3-9H,2,10-11H2,1H3. The summed E-state index contributed by atoms with van der Waals surface area (Å²) in [5.41, 5.74) is 3.59. The Bertz CT molecular complexity index is 531. The molecule has 0 atom stereocenters. The summed E-state index contributed by atoms with van der Waals surface area (Å²) in [6.07, 6.45) is 3.65. The highest BCUT2D eigenvalue weighted by Crippen LogP contribution is 2.27. The molecular weight excluding hydrogens is 324 g/mol. The van der Waals surface area contributed by atoms with Crippen LogP contribution in [-0.2, 0) is 12.4 Å². The quantitative estimate of drug-likeness (QED) is 0.740. The van der Waals surface area contributed by atoms with Crippen molar-refractivity contribution in [2.75, 3.05) is 11.4 Å². The lowest BCUT2D eigenvalue weighted by Gasteiger charge is -2.25. The van der Waals surface area contributed by atoms with Crippen LogP contribution in [0.1, 0.15) is 18.1 Å². The maximum Gasteiger partial charge on any atom is 0.0494 e. The molecule has 0 saturated carbocycles. The molecular formula is C15H16BrClN2. The Balaban J connectivity index is 2.27. The van der Waals surface area contributed by atoms with Crippen molar-refractivity contribution in [1.29, 1.82) is 0 Å². The van der Waals surface area contributed by atoms with Gasteiger partial charge in [0.15, 0.2) is 0 Å². The predicted octanol–water partition coefficient (Wildman–Crippen LogP) is 4.61. The number of halogens is 2. The summed E-state index contributed by atoms with van der Waals surface area (Å²) in [5, 5.41) is 0. The summed E-state index contributed by atoms with van der Waals surface area (Å²) in [5.74, 6) is 0.515. The molecule has 19 heavy (non-hydrogen) atoms. The van der Waals surface area contributed by atoms with E-state index in [4.69, 9.17) is 11.6 Å². The minimum absolute atomic E-state index is 0.515. The number of nitrogens with zero attached hydrogens (tertiary/aromatic N) is 2. The Morgan fingerprint density at radius 1 is 1.21 bits per heavy atom. The van der Waals surface area contributed by atoms with E-state index in [-0.39, 0.29) is 0 Å². The number of alkyl halides is 1. The van der Waals surface area contributed by atoms with E-state index in [1.54, 1.807) is 0 Å². The average molecular weight is 340 g/mol. The van der Waals surface area contributed by atoms with Crippen molar-refractivity contribution >= 4 is 33.2 Å². The van der Waals surface area contributed by atoms with E-state index in [0.717, 1.165) is 23.1 Å². The van der Waals surface area contributed by atoms with Gasteiger partial charge in [-0.25, -0.2) is 0 Å². The van der Waals surface area contributed by atoms with Gasteiger partial charge in [0, 0.05) is 41.5 Å². The molecule has 2 nitrogen and oxygen atoms in total. The molecule has 0 bridgehead atoms. The molecule has 4 heteroatoms. The Hall–Kier alpha value is -1.06. The van der Waals surface area contributed by atoms with Gasteiger partial charge in [-0.3, -0.25) is 4.98 Å². The summed E-state index contributed by atoms with van der Waals surface area (Å²) < 4.78 is 1.06. The molecule has 0 saturated heterocycles. The molecule has 2 rings (SSSR count). The molecule has 0 spiro atoms. The number of hydrogen-bond acceptors (Lipinski definition) is 2. The fraction of sp³-hybridized carbons (Fsp3) is 0.267. The number of anilines is 1. The van der Waals surface area contributed by atoms with Gasteiger partial charge in [-0.1, -0.05) is 15.9 Å². The van der Waals surface area contributed by atoms with E-state index in [2.05, 4.69) is 50.9 Å². The topological polar surface area (TPSA) is 16.1 Å². The lowest BCUT2D eigenvalue weighted by Crippen LogP contribution is -2.23. The summed E-state index contributed by atoms with van der Waals surface area (Å²) in [6.45, 7) is 3.96. The normalized spacial score (nSPS) is 10.5. The minimum Gasteiger partial charge on any atom is -0.367 e. The van der Waals surface area contributed by atoms with Crippen molar-refractivity contribution < 1.29 is 0 Å². The molecule has 1 heterocycles. The van der Waals surface area contributed by atoms with Crippen LogP contribution >= 0.6 is 27.5 Å². The van der Waals surface area contributed by atoms with Gasteiger partial charge in [0.1, 0.15) is 0 Å². The fourth-order valence-electron chi connectivity index (χ4n) is 2.05. The number of benzene rings is 1. The van der Waals surface area contributed by atoms with Crippen LogP contribution in [0.5, 0.6) is 0 Å². The lowest BCUT2D eigenvalue weighted by molar-refractivity contribution is 0.825. The monoisotopic (exact) mass is 338 g/mol. The predicted molar refractivity (Wildman–Crippen MR) is 84.7 cm³/mol. The molecule has 0 N–H and O–H groups in total. The summed E-state index contributed by atoms with van der Waals surface area (Å²) >= 11 is 9.54. The average Bonchev–Trinajstić information content (AvgIpc) is 2.46. The van der Waals surface area contributed by atoms with Gasteiger partial charge in [-0.15, -0.1) is 11.6 Å². The Morgan fingerprint density at radius 3 is 2.58 bits per heavy atom. The van der Waals surface area contributed by atoms with Gasteiger partial charge in [-0.2, -0.15) is 0 Å². The lowest BCUT2D eigenvalue weighted by atomic mass is 10.1. The van der Waals surface area contributed by atoms with Crippen LogP contribution in [0.2, 0.25) is 0 Å². The highest BCUT2D eigenvalue weighted by atomic mass is 79.9. The second-order valence-electron chi connectivity index (χ2n) is 4.28.